The number of hydrogen-bond acceptors (Lipinski definition) is 3. The molecule has 0 aromatic carbocycles. The Morgan fingerprint density at radius 3 is 2.53 bits per heavy atom. The molecule has 3 heteroatoms. The van der Waals surface area contributed by atoms with Gasteiger partial charge in [-0.2, -0.15) is 0 Å². The smallest absolute Gasteiger partial charge is 0.336 e. The average molecular weight is 209 g/mol. The summed E-state index contributed by atoms with van der Waals surface area (Å²) in [7, 11) is 0. The highest BCUT2D eigenvalue weighted by molar-refractivity contribution is 5.89. The van der Waals surface area contributed by atoms with Crippen molar-refractivity contribution < 1.29 is 9.53 Å². The van der Waals surface area contributed by atoms with Crippen LogP contribution in [0, 0.1) is 0 Å². The largest absolute Gasteiger partial charge is 0.463 e. The van der Waals surface area contributed by atoms with E-state index in [1.165, 1.54) is 0 Å². The van der Waals surface area contributed by atoms with Gasteiger partial charge in [0.2, 0.25) is 0 Å². The number of esters is 1. The van der Waals surface area contributed by atoms with E-state index in [0.717, 1.165) is 6.42 Å². The Morgan fingerprint density at radius 2 is 2.07 bits per heavy atom. The quantitative estimate of drug-likeness (QED) is 0.397. The lowest BCUT2D eigenvalue weighted by Gasteiger charge is -2.08. The second kappa shape index (κ2) is 7.85. The highest BCUT2D eigenvalue weighted by Gasteiger charge is 2.12. The molecule has 3 nitrogen and oxygen atoms in total. The Hall–Kier alpha value is -1.51. The molecular formula is C12H19NO2. The Balaban J connectivity index is 4.65. The zero-order valence-corrected chi connectivity index (χ0v) is 9.29. The lowest BCUT2D eigenvalue weighted by atomic mass is 10.1. The normalized spacial score (nSPS) is 11.5. The number of nitrogens with two attached hydrogens (primary N) is 1. The third kappa shape index (κ3) is 5.05. The molecule has 0 amide bonds. The number of hydrogen-bond donors (Lipinski definition) is 1. The molecule has 0 saturated heterocycles. The molecule has 0 heterocycles. The Kier molecular flexibility index (Phi) is 7.06. The molecule has 0 bridgehead atoms. The van der Waals surface area contributed by atoms with Crippen molar-refractivity contribution in [3.63, 3.8) is 0 Å². The molecule has 0 aromatic heterocycles. The minimum Gasteiger partial charge on any atom is -0.463 e. The van der Waals surface area contributed by atoms with E-state index in [2.05, 4.69) is 13.2 Å². The van der Waals surface area contributed by atoms with Crippen molar-refractivity contribution in [2.24, 2.45) is 5.73 Å². The fraction of sp³-hybridized carbons (Fsp3) is 0.417. The molecular weight excluding hydrogens is 190 g/mol. The molecule has 0 spiro atoms. The predicted molar refractivity (Wildman–Crippen MR) is 62.1 cm³/mol. The van der Waals surface area contributed by atoms with Crippen molar-refractivity contribution in [1.29, 1.82) is 0 Å². The number of carbonyl (C=O) groups excluding carboxylic acids is 1. The maximum atomic E-state index is 11.5. The zero-order valence-electron chi connectivity index (χ0n) is 9.29. The maximum absolute atomic E-state index is 11.5. The van der Waals surface area contributed by atoms with Crippen LogP contribution in [0.15, 0.2) is 36.6 Å². The van der Waals surface area contributed by atoms with Crippen molar-refractivity contribution in [3.05, 3.63) is 36.6 Å². The first kappa shape index (κ1) is 13.5. The topological polar surface area (TPSA) is 52.3 Å². The molecule has 0 fully saturated rings. The molecule has 15 heavy (non-hydrogen) atoms. The van der Waals surface area contributed by atoms with E-state index in [1.54, 1.807) is 19.1 Å². The molecule has 0 saturated carbocycles. The molecule has 0 atom stereocenters. The van der Waals surface area contributed by atoms with Gasteiger partial charge >= 0.3 is 5.97 Å². The highest BCUT2D eigenvalue weighted by Crippen LogP contribution is 2.12. The maximum Gasteiger partial charge on any atom is 0.336 e. The lowest BCUT2D eigenvalue weighted by Crippen LogP contribution is -2.13. The van der Waals surface area contributed by atoms with Crippen molar-refractivity contribution in [2.75, 3.05) is 6.61 Å². The van der Waals surface area contributed by atoms with Gasteiger partial charge in [0.15, 0.2) is 0 Å². The first-order chi connectivity index (χ1) is 7.17. The van der Waals surface area contributed by atoms with Crippen LogP contribution in [0.2, 0.25) is 0 Å². The van der Waals surface area contributed by atoms with E-state index in [4.69, 9.17) is 10.5 Å². The van der Waals surface area contributed by atoms with Crippen LogP contribution in [-0.4, -0.2) is 12.6 Å². The lowest BCUT2D eigenvalue weighted by molar-refractivity contribution is -0.138. The first-order valence-corrected chi connectivity index (χ1v) is 5.03. The number of allylic oxidation sites excluding steroid dienone is 3. The van der Waals surface area contributed by atoms with Crippen LogP contribution in [0.5, 0.6) is 0 Å². The van der Waals surface area contributed by atoms with Gasteiger partial charge in [0, 0.05) is 5.70 Å². The van der Waals surface area contributed by atoms with Gasteiger partial charge in [-0.1, -0.05) is 12.2 Å². The van der Waals surface area contributed by atoms with Crippen LogP contribution in [0.1, 0.15) is 26.2 Å². The zero-order chi connectivity index (χ0) is 11.7. The molecule has 0 aliphatic carbocycles. The third-order valence-electron chi connectivity index (χ3n) is 1.88. The summed E-state index contributed by atoms with van der Waals surface area (Å²) in [5.74, 6) is -0.348. The highest BCUT2D eigenvalue weighted by atomic mass is 16.5. The van der Waals surface area contributed by atoms with Gasteiger partial charge < -0.3 is 10.5 Å². The van der Waals surface area contributed by atoms with Gasteiger partial charge in [0.1, 0.15) is 0 Å². The van der Waals surface area contributed by atoms with Crippen molar-refractivity contribution in [2.45, 2.75) is 26.2 Å². The summed E-state index contributed by atoms with van der Waals surface area (Å²) >= 11 is 0. The summed E-state index contributed by atoms with van der Waals surface area (Å²) < 4.78 is 4.91. The molecule has 0 unspecified atom stereocenters. The molecule has 0 aromatic rings. The van der Waals surface area contributed by atoms with E-state index >= 15 is 0 Å². The van der Waals surface area contributed by atoms with E-state index in [0.29, 0.717) is 30.7 Å². The minimum absolute atomic E-state index is 0.348. The Morgan fingerprint density at radius 1 is 1.40 bits per heavy atom. The van der Waals surface area contributed by atoms with E-state index in [1.807, 2.05) is 0 Å². The van der Waals surface area contributed by atoms with Crippen LogP contribution in [0.4, 0.5) is 0 Å². The standard InChI is InChI=1S/C12H19NO2/c1-4-7-9-11(13)10(8-5-2)12(14)15-6-3/h4-5H,1-2,6-9,13H2,3H3/b11-10-. The molecule has 0 aliphatic rings. The van der Waals surface area contributed by atoms with Gasteiger partial charge in [-0.05, 0) is 26.2 Å². The summed E-state index contributed by atoms with van der Waals surface area (Å²) in [5, 5.41) is 0. The van der Waals surface area contributed by atoms with E-state index in [-0.39, 0.29) is 5.97 Å². The second-order valence-electron chi connectivity index (χ2n) is 3.04. The van der Waals surface area contributed by atoms with Gasteiger partial charge in [-0.3, -0.25) is 0 Å². The third-order valence-corrected chi connectivity index (χ3v) is 1.88. The van der Waals surface area contributed by atoms with Crippen LogP contribution < -0.4 is 5.73 Å². The molecule has 0 aliphatic heterocycles. The molecule has 84 valence electrons. The van der Waals surface area contributed by atoms with Crippen molar-refractivity contribution in [3.8, 4) is 0 Å². The van der Waals surface area contributed by atoms with E-state index < -0.39 is 0 Å². The summed E-state index contributed by atoms with van der Waals surface area (Å²) in [4.78, 5) is 11.5. The van der Waals surface area contributed by atoms with Crippen molar-refractivity contribution >= 4 is 5.97 Å². The number of carbonyl (C=O) groups is 1. The van der Waals surface area contributed by atoms with Crippen LogP contribution in [0.25, 0.3) is 0 Å². The Labute approximate surface area is 91.3 Å². The second-order valence-corrected chi connectivity index (χ2v) is 3.04. The summed E-state index contributed by atoms with van der Waals surface area (Å²) in [6.07, 6.45) is 5.25. The fourth-order valence-electron chi connectivity index (χ4n) is 1.12. The molecule has 0 rings (SSSR count). The van der Waals surface area contributed by atoms with Crippen LogP contribution in [0.3, 0.4) is 0 Å². The fourth-order valence-corrected chi connectivity index (χ4v) is 1.12. The summed E-state index contributed by atoms with van der Waals surface area (Å²) in [6.45, 7) is 9.32. The minimum atomic E-state index is -0.348. The van der Waals surface area contributed by atoms with Crippen LogP contribution >= 0.6 is 0 Å². The van der Waals surface area contributed by atoms with Crippen LogP contribution in [-0.2, 0) is 9.53 Å². The summed E-state index contributed by atoms with van der Waals surface area (Å²) in [5.41, 5.74) is 6.88. The monoisotopic (exact) mass is 209 g/mol. The summed E-state index contributed by atoms with van der Waals surface area (Å²) in [6, 6.07) is 0. The predicted octanol–water partition coefficient (Wildman–Crippen LogP) is 2.30. The number of ether oxygens (including phenoxy) is 1. The molecule has 2 N–H and O–H groups in total. The molecule has 0 radical (unpaired) electrons. The van der Waals surface area contributed by atoms with Gasteiger partial charge in [0.05, 0.1) is 12.2 Å². The van der Waals surface area contributed by atoms with Gasteiger partial charge in [0.25, 0.3) is 0 Å². The average Bonchev–Trinajstić information content (AvgIpc) is 2.22. The SMILES string of the molecule is C=CCC/C(N)=C(\CC=C)C(=O)OCC. The number of rotatable bonds is 7. The van der Waals surface area contributed by atoms with E-state index in [9.17, 15) is 4.79 Å². The van der Waals surface area contributed by atoms with Gasteiger partial charge in [-0.15, -0.1) is 13.2 Å². The Bertz CT molecular complexity index is 267. The van der Waals surface area contributed by atoms with Gasteiger partial charge in [-0.25, -0.2) is 4.79 Å². The first-order valence-electron chi connectivity index (χ1n) is 5.03. The van der Waals surface area contributed by atoms with Crippen molar-refractivity contribution in [1.82, 2.24) is 0 Å².